The SMILES string of the molecule is CO[C@@H]1C[C@@]23COC[C@](C)([C@@H]2CC[C@H]2C3=CC[C@@]3(C)[C@H](C(=O)O)[C@@](C)([C@H](C)C(C)C)CC[C@]23C)[C@H]1OC[C@H](N)C(C)(C)C. The normalized spacial score (nSPS) is 47.6. The van der Waals surface area contributed by atoms with E-state index in [2.05, 4.69) is 75.3 Å². The van der Waals surface area contributed by atoms with Crippen molar-refractivity contribution in [3.8, 4) is 0 Å². The first-order valence-electron chi connectivity index (χ1n) is 17.2. The van der Waals surface area contributed by atoms with Gasteiger partial charge < -0.3 is 25.1 Å². The van der Waals surface area contributed by atoms with Crippen LogP contribution in [0.4, 0.5) is 0 Å². The maximum absolute atomic E-state index is 13.3. The van der Waals surface area contributed by atoms with Gasteiger partial charge in [0, 0.05) is 24.0 Å². The number of carbonyl (C=O) groups is 1. The summed E-state index contributed by atoms with van der Waals surface area (Å²) in [7, 11) is 1.84. The third kappa shape index (κ3) is 4.65. The summed E-state index contributed by atoms with van der Waals surface area (Å²) in [6.07, 6.45) is 8.37. The third-order valence-corrected chi connectivity index (χ3v) is 14.9. The fourth-order valence-electron chi connectivity index (χ4n) is 11.5. The van der Waals surface area contributed by atoms with E-state index in [1.165, 1.54) is 0 Å². The molecule has 0 aromatic carbocycles. The largest absolute Gasteiger partial charge is 0.481 e. The van der Waals surface area contributed by atoms with Crippen molar-refractivity contribution in [2.45, 2.75) is 126 Å². The van der Waals surface area contributed by atoms with Gasteiger partial charge in [0.15, 0.2) is 0 Å². The van der Waals surface area contributed by atoms with Crippen molar-refractivity contribution in [3.63, 3.8) is 0 Å². The first-order chi connectivity index (χ1) is 19.8. The van der Waals surface area contributed by atoms with E-state index in [1.54, 1.807) is 5.57 Å². The molecule has 6 nitrogen and oxygen atoms in total. The van der Waals surface area contributed by atoms with Gasteiger partial charge in [0.1, 0.15) is 0 Å². The Kier molecular flexibility index (Phi) is 8.40. The quantitative estimate of drug-likeness (QED) is 0.297. The van der Waals surface area contributed by atoms with Gasteiger partial charge in [0.05, 0.1) is 37.9 Å². The highest BCUT2D eigenvalue weighted by molar-refractivity contribution is 5.73. The number of fused-ring (bicyclic) bond motifs is 3. The van der Waals surface area contributed by atoms with Crippen LogP contribution in [0.3, 0.4) is 0 Å². The minimum atomic E-state index is -0.605. The Morgan fingerprint density at radius 1 is 1.09 bits per heavy atom. The van der Waals surface area contributed by atoms with Gasteiger partial charge >= 0.3 is 5.97 Å². The number of nitrogens with two attached hydrogens (primary N) is 1. The van der Waals surface area contributed by atoms with Gasteiger partial charge in [0.25, 0.3) is 0 Å². The van der Waals surface area contributed by atoms with Gasteiger partial charge in [-0.2, -0.15) is 0 Å². The van der Waals surface area contributed by atoms with Crippen LogP contribution in [0.15, 0.2) is 11.6 Å². The van der Waals surface area contributed by atoms with Crippen LogP contribution in [0, 0.1) is 62.1 Å². The number of ether oxygens (including phenoxy) is 3. The van der Waals surface area contributed by atoms with Gasteiger partial charge in [0.2, 0.25) is 0 Å². The molecule has 3 N–H and O–H groups in total. The molecule has 5 rings (SSSR count). The highest BCUT2D eigenvalue weighted by Gasteiger charge is 2.71. The summed E-state index contributed by atoms with van der Waals surface area (Å²) in [6.45, 7) is 24.7. The van der Waals surface area contributed by atoms with Gasteiger partial charge in [-0.3, -0.25) is 4.79 Å². The molecule has 3 saturated carbocycles. The van der Waals surface area contributed by atoms with E-state index in [0.29, 0.717) is 36.9 Å². The molecule has 0 aromatic heterocycles. The van der Waals surface area contributed by atoms with Crippen molar-refractivity contribution >= 4 is 5.97 Å². The number of rotatable bonds is 7. The molecule has 2 bridgehead atoms. The number of carboxylic acids is 1. The van der Waals surface area contributed by atoms with Crippen LogP contribution in [0.25, 0.3) is 0 Å². The van der Waals surface area contributed by atoms with Crippen LogP contribution in [-0.4, -0.2) is 56.3 Å². The summed E-state index contributed by atoms with van der Waals surface area (Å²) < 4.78 is 19.6. The summed E-state index contributed by atoms with van der Waals surface area (Å²) >= 11 is 0. The second-order valence-corrected chi connectivity index (χ2v) is 18.1. The van der Waals surface area contributed by atoms with E-state index in [1.807, 2.05) is 7.11 Å². The van der Waals surface area contributed by atoms with Gasteiger partial charge in [-0.05, 0) is 83.9 Å². The van der Waals surface area contributed by atoms with Crippen molar-refractivity contribution in [3.05, 3.63) is 11.6 Å². The number of allylic oxidation sites excluding steroid dienone is 1. The molecule has 1 aliphatic heterocycles. The van der Waals surface area contributed by atoms with E-state index < -0.39 is 5.97 Å². The van der Waals surface area contributed by atoms with E-state index >= 15 is 0 Å². The predicted molar refractivity (Wildman–Crippen MR) is 172 cm³/mol. The molecular formula is C37H63NO5. The Morgan fingerprint density at radius 3 is 2.35 bits per heavy atom. The molecule has 5 aliphatic rings. The summed E-state index contributed by atoms with van der Waals surface area (Å²) in [5, 5.41) is 10.9. The van der Waals surface area contributed by atoms with E-state index in [4.69, 9.17) is 19.9 Å². The Bertz CT molecular complexity index is 1110. The molecule has 0 unspecified atom stereocenters. The second-order valence-electron chi connectivity index (χ2n) is 18.1. The number of methoxy groups -OCH3 is 1. The lowest BCUT2D eigenvalue weighted by Gasteiger charge is -2.71. The van der Waals surface area contributed by atoms with Gasteiger partial charge in [-0.1, -0.05) is 80.9 Å². The minimum absolute atomic E-state index is 0.0329. The average Bonchev–Trinajstić information content (AvgIpc) is 2.91. The fraction of sp³-hybridized carbons (Fsp3) is 0.919. The lowest BCUT2D eigenvalue weighted by atomic mass is 9.34. The molecule has 4 aliphatic carbocycles. The molecule has 6 heteroatoms. The van der Waals surface area contributed by atoms with Crippen molar-refractivity contribution in [2.75, 3.05) is 26.9 Å². The van der Waals surface area contributed by atoms with Crippen LogP contribution in [0.5, 0.6) is 0 Å². The van der Waals surface area contributed by atoms with Crippen LogP contribution < -0.4 is 5.73 Å². The number of hydrogen-bond acceptors (Lipinski definition) is 5. The molecule has 0 spiro atoms. The maximum atomic E-state index is 13.3. The standard InChI is InChI=1S/C37H63NO5/c1-22(2)23(3)33(7)16-17-35(9)24-12-13-27-34(8)20-42-21-37(27,25(24)14-15-36(35,10)29(33)31(39)40)18-26(41-11)30(34)43-19-28(38)32(4,5)6/h14,22-24,26-30H,12-13,15-21,38H2,1-11H3,(H,39,40)/t23-,24+,26-,27+,28+,29-,30+,33-,34-,35-,36+,37+/m1/s1. The van der Waals surface area contributed by atoms with Gasteiger partial charge in [-0.15, -0.1) is 0 Å². The monoisotopic (exact) mass is 601 g/mol. The van der Waals surface area contributed by atoms with E-state index in [9.17, 15) is 9.90 Å². The van der Waals surface area contributed by atoms with Crippen molar-refractivity contribution in [1.29, 1.82) is 0 Å². The first kappa shape index (κ1) is 33.4. The Morgan fingerprint density at radius 2 is 1.77 bits per heavy atom. The van der Waals surface area contributed by atoms with Crippen LogP contribution in [0.1, 0.15) is 108 Å². The van der Waals surface area contributed by atoms with Crippen molar-refractivity contribution in [2.24, 2.45) is 67.8 Å². The Balaban J connectivity index is 1.54. The molecule has 12 atom stereocenters. The van der Waals surface area contributed by atoms with Gasteiger partial charge in [-0.25, -0.2) is 0 Å². The van der Waals surface area contributed by atoms with Crippen LogP contribution in [0.2, 0.25) is 0 Å². The summed E-state index contributed by atoms with van der Waals surface area (Å²) in [5.74, 6) is 0.606. The molecular weight excluding hydrogens is 538 g/mol. The summed E-state index contributed by atoms with van der Waals surface area (Å²) in [6, 6.07) is -0.0585. The minimum Gasteiger partial charge on any atom is -0.481 e. The van der Waals surface area contributed by atoms with E-state index in [-0.39, 0.29) is 56.7 Å². The van der Waals surface area contributed by atoms with E-state index in [0.717, 1.165) is 45.1 Å². The lowest BCUT2D eigenvalue weighted by molar-refractivity contribution is -0.268. The van der Waals surface area contributed by atoms with Crippen molar-refractivity contribution in [1.82, 2.24) is 0 Å². The van der Waals surface area contributed by atoms with Crippen LogP contribution in [-0.2, 0) is 19.0 Å². The maximum Gasteiger partial charge on any atom is 0.307 e. The molecule has 4 fully saturated rings. The molecule has 0 amide bonds. The van der Waals surface area contributed by atoms with Crippen LogP contribution >= 0.6 is 0 Å². The molecule has 0 radical (unpaired) electrons. The smallest absolute Gasteiger partial charge is 0.307 e. The molecule has 1 heterocycles. The highest BCUT2D eigenvalue weighted by atomic mass is 16.5. The van der Waals surface area contributed by atoms with Crippen molar-refractivity contribution < 1.29 is 24.1 Å². The summed E-state index contributed by atoms with van der Waals surface area (Å²) in [5.41, 5.74) is 7.19. The number of carboxylic acid groups (broad SMARTS) is 1. The zero-order valence-electron chi connectivity index (χ0n) is 29.2. The predicted octanol–water partition coefficient (Wildman–Crippen LogP) is 7.35. The third-order valence-electron chi connectivity index (χ3n) is 14.9. The molecule has 43 heavy (non-hydrogen) atoms. The molecule has 1 saturated heterocycles. The topological polar surface area (TPSA) is 91.0 Å². The lowest BCUT2D eigenvalue weighted by Crippen LogP contribution is -2.70. The molecule has 246 valence electrons. The highest BCUT2D eigenvalue weighted by Crippen LogP contribution is 2.75. The number of hydrogen-bond donors (Lipinski definition) is 2. The average molecular weight is 602 g/mol. The Labute approximate surface area is 262 Å². The first-order valence-corrected chi connectivity index (χ1v) is 17.2. The fourth-order valence-corrected chi connectivity index (χ4v) is 11.5. The Hall–Kier alpha value is -0.950. The number of aliphatic carboxylic acids is 1. The zero-order chi connectivity index (χ0) is 32.0. The zero-order valence-corrected chi connectivity index (χ0v) is 29.2. The second kappa shape index (κ2) is 10.8. The summed E-state index contributed by atoms with van der Waals surface area (Å²) in [4.78, 5) is 13.3. The molecule has 0 aromatic rings.